The minimum Gasteiger partial charge on any atom is -0.452 e. The van der Waals surface area contributed by atoms with Crippen molar-refractivity contribution in [2.75, 3.05) is 11.5 Å². The molecule has 0 spiro atoms. The van der Waals surface area contributed by atoms with E-state index in [-0.39, 0.29) is 5.56 Å². The molecule has 0 saturated carbocycles. The first-order valence-corrected chi connectivity index (χ1v) is 13.1. The normalized spacial score (nSPS) is 23.0. The van der Waals surface area contributed by atoms with Crippen molar-refractivity contribution in [1.82, 2.24) is 0 Å². The van der Waals surface area contributed by atoms with Gasteiger partial charge < -0.3 is 23.7 Å². The number of hydrogen-bond acceptors (Lipinski definition) is 8. The highest BCUT2D eigenvalue weighted by Crippen LogP contribution is 2.31. The fourth-order valence-electron chi connectivity index (χ4n) is 3.89. The van der Waals surface area contributed by atoms with Crippen LogP contribution in [0.15, 0.2) is 91.0 Å². The van der Waals surface area contributed by atoms with Crippen molar-refractivity contribution >= 4 is 40.5 Å². The van der Waals surface area contributed by atoms with E-state index >= 15 is 0 Å². The summed E-state index contributed by atoms with van der Waals surface area (Å²) in [6.07, 6.45) is -5.31. The van der Waals surface area contributed by atoms with Gasteiger partial charge >= 0.3 is 17.9 Å². The molecular formula is C28H25IO8. The third-order valence-electron chi connectivity index (χ3n) is 5.73. The molecule has 0 aromatic heterocycles. The monoisotopic (exact) mass is 616 g/mol. The zero-order valence-electron chi connectivity index (χ0n) is 19.9. The number of hydrogen-bond donors (Lipinski definition) is 0. The molecule has 3 aromatic carbocycles. The van der Waals surface area contributed by atoms with Crippen LogP contribution in [0.5, 0.6) is 0 Å². The Morgan fingerprint density at radius 3 is 1.41 bits per heavy atom. The Morgan fingerprint density at radius 2 is 1.03 bits per heavy atom. The minimum atomic E-state index is -1.22. The van der Waals surface area contributed by atoms with Crippen molar-refractivity contribution in [2.45, 2.75) is 30.7 Å². The standard InChI is InChI=1S/C28H25IO8/c1-33-28-24(37-27(32)20-15-9-4-10-16-20)23(36-26(31)19-13-7-3-8-14-19)22(21(17-29)34-28)35-25(30)18-11-5-2-6-12-18/h2-16,21-24,28H,17H2,1H3/t21-,22-,23+,24-,28+/m1/s1. The molecule has 37 heavy (non-hydrogen) atoms. The average molecular weight is 616 g/mol. The van der Waals surface area contributed by atoms with Gasteiger partial charge in [-0.1, -0.05) is 77.2 Å². The van der Waals surface area contributed by atoms with Crippen LogP contribution in [0.25, 0.3) is 0 Å². The molecule has 0 radical (unpaired) electrons. The number of carbonyl (C=O) groups is 3. The molecule has 8 nitrogen and oxygen atoms in total. The predicted octanol–water partition coefficient (Wildman–Crippen LogP) is 4.47. The highest BCUT2D eigenvalue weighted by Gasteiger charge is 2.52. The Bertz CT molecular complexity index is 1120. The summed E-state index contributed by atoms with van der Waals surface area (Å²) in [5.41, 5.74) is 0.893. The van der Waals surface area contributed by atoms with Crippen molar-refractivity contribution in [3.8, 4) is 0 Å². The van der Waals surface area contributed by atoms with Crippen molar-refractivity contribution in [2.24, 2.45) is 0 Å². The van der Waals surface area contributed by atoms with E-state index in [1.807, 2.05) is 0 Å². The van der Waals surface area contributed by atoms with Crippen LogP contribution in [0.1, 0.15) is 31.1 Å². The number of alkyl halides is 1. The van der Waals surface area contributed by atoms with E-state index in [0.717, 1.165) is 0 Å². The minimum absolute atomic E-state index is 0.287. The number of benzene rings is 3. The summed E-state index contributed by atoms with van der Waals surface area (Å²) in [5.74, 6) is -1.97. The molecule has 4 rings (SSSR count). The van der Waals surface area contributed by atoms with E-state index < -0.39 is 48.6 Å². The fraction of sp³-hybridized carbons (Fsp3) is 0.250. The van der Waals surface area contributed by atoms with Gasteiger partial charge in [-0.15, -0.1) is 0 Å². The molecule has 192 valence electrons. The molecule has 1 heterocycles. The molecule has 1 aliphatic heterocycles. The topological polar surface area (TPSA) is 97.4 Å². The van der Waals surface area contributed by atoms with E-state index in [2.05, 4.69) is 22.6 Å². The first-order chi connectivity index (χ1) is 18.0. The average Bonchev–Trinajstić information content (AvgIpc) is 2.95. The number of carbonyl (C=O) groups excluding carboxylic acids is 3. The number of ether oxygens (including phenoxy) is 5. The summed E-state index contributed by atoms with van der Waals surface area (Å²) >= 11 is 2.09. The lowest BCUT2D eigenvalue weighted by atomic mass is 9.98. The number of halogens is 1. The number of rotatable bonds is 8. The summed E-state index contributed by atoms with van der Waals surface area (Å²) in [6, 6.07) is 25.2. The second-order valence-electron chi connectivity index (χ2n) is 8.14. The van der Waals surface area contributed by atoms with Gasteiger partial charge in [0.2, 0.25) is 0 Å². The van der Waals surface area contributed by atoms with Gasteiger partial charge in [0, 0.05) is 11.5 Å². The lowest BCUT2D eigenvalue weighted by Gasteiger charge is -2.43. The van der Waals surface area contributed by atoms with Crippen molar-refractivity contribution < 1.29 is 38.1 Å². The second kappa shape index (κ2) is 12.8. The molecule has 0 aliphatic carbocycles. The van der Waals surface area contributed by atoms with E-state index in [4.69, 9.17) is 23.7 Å². The van der Waals surface area contributed by atoms with Gasteiger partial charge in [0.1, 0.15) is 6.10 Å². The highest BCUT2D eigenvalue weighted by molar-refractivity contribution is 14.1. The Kier molecular flexibility index (Phi) is 9.26. The van der Waals surface area contributed by atoms with Crippen LogP contribution in [-0.2, 0) is 23.7 Å². The maximum atomic E-state index is 13.1. The smallest absolute Gasteiger partial charge is 0.338 e. The first kappa shape index (κ1) is 26.8. The quantitative estimate of drug-likeness (QED) is 0.158. The van der Waals surface area contributed by atoms with Gasteiger partial charge in [-0.2, -0.15) is 0 Å². The van der Waals surface area contributed by atoms with Crippen LogP contribution in [0.3, 0.4) is 0 Å². The predicted molar refractivity (Wildman–Crippen MR) is 141 cm³/mol. The van der Waals surface area contributed by atoms with Gasteiger partial charge in [-0.3, -0.25) is 0 Å². The lowest BCUT2D eigenvalue weighted by Crippen LogP contribution is -2.62. The van der Waals surface area contributed by atoms with Gasteiger partial charge in [0.15, 0.2) is 24.6 Å². The Labute approximate surface area is 228 Å². The largest absolute Gasteiger partial charge is 0.452 e. The Hall–Kier alpha value is -3.28. The number of esters is 3. The van der Waals surface area contributed by atoms with Gasteiger partial charge in [-0.05, 0) is 36.4 Å². The Morgan fingerprint density at radius 1 is 0.649 bits per heavy atom. The van der Waals surface area contributed by atoms with Gasteiger partial charge in [0.25, 0.3) is 0 Å². The van der Waals surface area contributed by atoms with E-state index in [9.17, 15) is 14.4 Å². The van der Waals surface area contributed by atoms with Crippen molar-refractivity contribution in [1.29, 1.82) is 0 Å². The molecule has 0 N–H and O–H groups in total. The highest BCUT2D eigenvalue weighted by atomic mass is 127. The van der Waals surface area contributed by atoms with E-state index in [1.165, 1.54) is 7.11 Å². The van der Waals surface area contributed by atoms with E-state index in [1.54, 1.807) is 91.0 Å². The summed E-state index contributed by atoms with van der Waals surface area (Å²) in [7, 11) is 1.39. The summed E-state index contributed by atoms with van der Waals surface area (Å²) in [5, 5.41) is 0. The van der Waals surface area contributed by atoms with Crippen LogP contribution < -0.4 is 0 Å². The van der Waals surface area contributed by atoms with Crippen LogP contribution in [0.4, 0.5) is 0 Å². The van der Waals surface area contributed by atoms with Crippen LogP contribution >= 0.6 is 22.6 Å². The molecule has 9 heteroatoms. The molecule has 5 atom stereocenters. The zero-order chi connectivity index (χ0) is 26.2. The van der Waals surface area contributed by atoms with Gasteiger partial charge in [-0.25, -0.2) is 14.4 Å². The summed E-state index contributed by atoms with van der Waals surface area (Å²) in [4.78, 5) is 39.1. The third kappa shape index (κ3) is 6.54. The summed E-state index contributed by atoms with van der Waals surface area (Å²) < 4.78 is 29.4. The maximum Gasteiger partial charge on any atom is 0.338 e. The van der Waals surface area contributed by atoms with E-state index in [0.29, 0.717) is 15.6 Å². The SMILES string of the molecule is CO[C@H]1O[C@H](CI)[C@@H](OC(=O)c2ccccc2)[C@H](OC(=O)c2ccccc2)[C@H]1OC(=O)c1ccccc1. The Balaban J connectivity index is 1.69. The third-order valence-corrected chi connectivity index (χ3v) is 6.60. The molecule has 1 saturated heterocycles. The molecular weight excluding hydrogens is 591 g/mol. The van der Waals surface area contributed by atoms with Crippen LogP contribution in [0, 0.1) is 0 Å². The molecule has 0 bridgehead atoms. The zero-order valence-corrected chi connectivity index (χ0v) is 22.1. The molecule has 0 unspecified atom stereocenters. The van der Waals surface area contributed by atoms with Crippen LogP contribution in [-0.4, -0.2) is 60.2 Å². The molecule has 1 aliphatic rings. The van der Waals surface area contributed by atoms with Crippen molar-refractivity contribution in [3.63, 3.8) is 0 Å². The lowest BCUT2D eigenvalue weighted by molar-refractivity contribution is -0.282. The summed E-state index contributed by atoms with van der Waals surface area (Å²) in [6.45, 7) is 0. The molecule has 3 aromatic rings. The van der Waals surface area contributed by atoms with Crippen molar-refractivity contribution in [3.05, 3.63) is 108 Å². The van der Waals surface area contributed by atoms with Crippen LogP contribution in [0.2, 0.25) is 0 Å². The molecule has 1 fully saturated rings. The van der Waals surface area contributed by atoms with Gasteiger partial charge in [0.05, 0.1) is 16.7 Å². The second-order valence-corrected chi connectivity index (χ2v) is 9.02. The molecule has 0 amide bonds. The maximum absolute atomic E-state index is 13.1. The number of methoxy groups -OCH3 is 1. The first-order valence-electron chi connectivity index (χ1n) is 11.5. The fourth-order valence-corrected chi connectivity index (χ4v) is 4.60.